The molecule has 0 saturated heterocycles. The summed E-state index contributed by atoms with van der Waals surface area (Å²) in [4.78, 5) is 18.2. The van der Waals surface area contributed by atoms with Crippen LogP contribution in [0.2, 0.25) is 0 Å². The number of pyridine rings is 1. The second-order valence-electron chi connectivity index (χ2n) is 4.97. The third kappa shape index (κ3) is 3.25. The number of aromatic nitrogens is 1. The summed E-state index contributed by atoms with van der Waals surface area (Å²) in [5, 5.41) is 0. The molecule has 0 aliphatic heterocycles. The van der Waals surface area contributed by atoms with Gasteiger partial charge in [-0.1, -0.05) is 41.9 Å². The van der Waals surface area contributed by atoms with Crippen LogP contribution >= 0.6 is 15.9 Å². The van der Waals surface area contributed by atoms with Crippen LogP contribution in [0.3, 0.4) is 0 Å². The molecule has 0 spiro atoms. The van der Waals surface area contributed by atoms with E-state index in [0.717, 1.165) is 4.47 Å². The first-order valence-electron chi connectivity index (χ1n) is 6.48. The van der Waals surface area contributed by atoms with Crippen molar-refractivity contribution in [2.24, 2.45) is 0 Å². The van der Waals surface area contributed by atoms with Gasteiger partial charge in [-0.3, -0.25) is 9.69 Å². The van der Waals surface area contributed by atoms with Gasteiger partial charge in [0.15, 0.2) is 0 Å². The van der Waals surface area contributed by atoms with E-state index in [4.69, 9.17) is 0 Å². The molecule has 4 heteroatoms. The number of hydrogen-bond donors (Lipinski definition) is 0. The van der Waals surface area contributed by atoms with Crippen molar-refractivity contribution >= 4 is 27.7 Å². The fourth-order valence-corrected chi connectivity index (χ4v) is 2.21. The van der Waals surface area contributed by atoms with E-state index < -0.39 is 0 Å². The number of amides is 1. The van der Waals surface area contributed by atoms with Gasteiger partial charge in [-0.2, -0.15) is 0 Å². The molecule has 0 atom stereocenters. The van der Waals surface area contributed by atoms with Crippen LogP contribution in [0.25, 0.3) is 0 Å². The van der Waals surface area contributed by atoms with Crippen LogP contribution in [-0.2, 0) is 0 Å². The van der Waals surface area contributed by atoms with Gasteiger partial charge in [0.05, 0.1) is 0 Å². The molecule has 1 heterocycles. The Kier molecular flexibility index (Phi) is 4.55. The van der Waals surface area contributed by atoms with E-state index >= 15 is 0 Å². The van der Waals surface area contributed by atoms with Crippen LogP contribution in [0.5, 0.6) is 0 Å². The van der Waals surface area contributed by atoms with E-state index in [0.29, 0.717) is 17.3 Å². The van der Waals surface area contributed by atoms with E-state index in [1.54, 1.807) is 18.1 Å². The Morgan fingerprint density at radius 1 is 1.20 bits per heavy atom. The fraction of sp³-hybridized carbons (Fsp3) is 0.250. The molecular formula is C16H17BrN2O. The minimum Gasteiger partial charge on any atom is -0.296 e. The minimum absolute atomic E-state index is 0.0640. The number of nitrogens with zero attached hydrogens (tertiary/aromatic N) is 2. The lowest BCUT2D eigenvalue weighted by Crippen LogP contribution is -2.27. The SMILES string of the molecule is CC(C)c1ccc(C(=O)N(C)c2cc(Br)ccn2)cc1. The molecule has 1 aromatic heterocycles. The number of hydrogen-bond acceptors (Lipinski definition) is 2. The Morgan fingerprint density at radius 3 is 2.40 bits per heavy atom. The quantitative estimate of drug-likeness (QED) is 0.841. The Labute approximate surface area is 127 Å². The van der Waals surface area contributed by atoms with Gasteiger partial charge in [0, 0.05) is 23.3 Å². The summed E-state index contributed by atoms with van der Waals surface area (Å²) in [6.07, 6.45) is 1.67. The van der Waals surface area contributed by atoms with Crippen LogP contribution in [0.15, 0.2) is 47.1 Å². The summed E-state index contributed by atoms with van der Waals surface area (Å²) >= 11 is 3.38. The standard InChI is InChI=1S/C16H17BrN2O/c1-11(2)12-4-6-13(7-5-12)16(20)19(3)15-10-14(17)8-9-18-15/h4-11H,1-3H3. The molecule has 3 nitrogen and oxygen atoms in total. The second kappa shape index (κ2) is 6.18. The molecule has 0 saturated carbocycles. The Balaban J connectivity index is 2.22. The molecule has 0 aliphatic rings. The lowest BCUT2D eigenvalue weighted by molar-refractivity contribution is 0.0992. The number of halogens is 1. The second-order valence-corrected chi connectivity index (χ2v) is 5.89. The van der Waals surface area contributed by atoms with Gasteiger partial charge < -0.3 is 0 Å². The highest BCUT2D eigenvalue weighted by atomic mass is 79.9. The molecular weight excluding hydrogens is 316 g/mol. The van der Waals surface area contributed by atoms with Crippen molar-refractivity contribution in [3.8, 4) is 0 Å². The highest BCUT2D eigenvalue weighted by Crippen LogP contribution is 2.19. The molecule has 1 aromatic carbocycles. The molecule has 0 aliphatic carbocycles. The summed E-state index contributed by atoms with van der Waals surface area (Å²) in [7, 11) is 1.73. The number of carbonyl (C=O) groups is 1. The fourth-order valence-electron chi connectivity index (χ4n) is 1.89. The molecule has 1 amide bonds. The number of benzene rings is 1. The number of carbonyl (C=O) groups excluding carboxylic acids is 1. The zero-order chi connectivity index (χ0) is 14.7. The van der Waals surface area contributed by atoms with Crippen molar-refractivity contribution in [2.75, 3.05) is 11.9 Å². The molecule has 2 rings (SSSR count). The zero-order valence-electron chi connectivity index (χ0n) is 11.8. The van der Waals surface area contributed by atoms with Crippen molar-refractivity contribution in [3.63, 3.8) is 0 Å². The topological polar surface area (TPSA) is 33.2 Å². The first-order chi connectivity index (χ1) is 9.49. The van der Waals surface area contributed by atoms with E-state index in [1.807, 2.05) is 36.4 Å². The number of anilines is 1. The van der Waals surface area contributed by atoms with Crippen LogP contribution in [0.4, 0.5) is 5.82 Å². The zero-order valence-corrected chi connectivity index (χ0v) is 13.4. The van der Waals surface area contributed by atoms with E-state index in [9.17, 15) is 4.79 Å². The normalized spacial score (nSPS) is 10.7. The highest BCUT2D eigenvalue weighted by Gasteiger charge is 2.14. The summed E-state index contributed by atoms with van der Waals surface area (Å²) in [5.41, 5.74) is 1.89. The predicted molar refractivity (Wildman–Crippen MR) is 85.2 cm³/mol. The smallest absolute Gasteiger partial charge is 0.259 e. The molecule has 0 unspecified atom stereocenters. The lowest BCUT2D eigenvalue weighted by atomic mass is 10.0. The average molecular weight is 333 g/mol. The third-order valence-corrected chi connectivity index (χ3v) is 3.67. The van der Waals surface area contributed by atoms with Gasteiger partial charge in [0.25, 0.3) is 5.91 Å². The maximum atomic E-state index is 12.4. The number of rotatable bonds is 3. The summed E-state index contributed by atoms with van der Waals surface area (Å²) in [6.45, 7) is 4.27. The molecule has 104 valence electrons. The summed E-state index contributed by atoms with van der Waals surface area (Å²) in [6, 6.07) is 11.4. The largest absolute Gasteiger partial charge is 0.296 e. The first kappa shape index (κ1) is 14.7. The molecule has 20 heavy (non-hydrogen) atoms. The summed E-state index contributed by atoms with van der Waals surface area (Å²) in [5.74, 6) is 1.02. The van der Waals surface area contributed by atoms with Crippen molar-refractivity contribution in [1.29, 1.82) is 0 Å². The van der Waals surface area contributed by atoms with Crippen molar-refractivity contribution in [1.82, 2.24) is 4.98 Å². The van der Waals surface area contributed by atoms with Gasteiger partial charge in [0.1, 0.15) is 5.82 Å². The minimum atomic E-state index is -0.0640. The van der Waals surface area contributed by atoms with Crippen LogP contribution in [-0.4, -0.2) is 17.9 Å². The van der Waals surface area contributed by atoms with E-state index in [1.165, 1.54) is 5.56 Å². The average Bonchev–Trinajstić information content (AvgIpc) is 2.46. The maximum absolute atomic E-state index is 12.4. The predicted octanol–water partition coefficient (Wildman–Crippen LogP) is 4.24. The monoisotopic (exact) mass is 332 g/mol. The van der Waals surface area contributed by atoms with Crippen molar-refractivity contribution in [3.05, 3.63) is 58.2 Å². The first-order valence-corrected chi connectivity index (χ1v) is 7.28. The molecule has 0 radical (unpaired) electrons. The molecule has 0 fully saturated rings. The molecule has 0 N–H and O–H groups in total. The van der Waals surface area contributed by atoms with Gasteiger partial charge in [-0.05, 0) is 35.7 Å². The Morgan fingerprint density at radius 2 is 1.85 bits per heavy atom. The lowest BCUT2D eigenvalue weighted by Gasteiger charge is -2.17. The third-order valence-electron chi connectivity index (χ3n) is 3.18. The van der Waals surface area contributed by atoms with Crippen molar-refractivity contribution in [2.45, 2.75) is 19.8 Å². The van der Waals surface area contributed by atoms with Gasteiger partial charge in [0.2, 0.25) is 0 Å². The van der Waals surface area contributed by atoms with Crippen molar-refractivity contribution < 1.29 is 4.79 Å². The van der Waals surface area contributed by atoms with Crippen LogP contribution in [0, 0.1) is 0 Å². The Bertz CT molecular complexity index is 608. The van der Waals surface area contributed by atoms with E-state index in [-0.39, 0.29) is 5.91 Å². The Hall–Kier alpha value is -1.68. The van der Waals surface area contributed by atoms with E-state index in [2.05, 4.69) is 34.8 Å². The van der Waals surface area contributed by atoms with Gasteiger partial charge >= 0.3 is 0 Å². The summed E-state index contributed by atoms with van der Waals surface area (Å²) < 4.78 is 0.900. The maximum Gasteiger partial charge on any atom is 0.259 e. The molecule has 0 bridgehead atoms. The van der Waals surface area contributed by atoms with Gasteiger partial charge in [-0.25, -0.2) is 4.98 Å². The molecule has 2 aromatic rings. The highest BCUT2D eigenvalue weighted by molar-refractivity contribution is 9.10. The van der Waals surface area contributed by atoms with Gasteiger partial charge in [-0.15, -0.1) is 0 Å². The van der Waals surface area contributed by atoms with Crippen LogP contribution in [0.1, 0.15) is 35.7 Å². The van der Waals surface area contributed by atoms with Crippen LogP contribution < -0.4 is 4.90 Å².